The number of imide groups is 1. The Morgan fingerprint density at radius 2 is 1.41 bits per heavy atom. The highest BCUT2D eigenvalue weighted by molar-refractivity contribution is 6.31. The summed E-state index contributed by atoms with van der Waals surface area (Å²) in [4.78, 5) is 42.6. The van der Waals surface area contributed by atoms with Crippen molar-refractivity contribution in [3.05, 3.63) is 129 Å². The second kappa shape index (κ2) is 8.39. The van der Waals surface area contributed by atoms with Crippen molar-refractivity contribution in [2.75, 3.05) is 10.2 Å². The van der Waals surface area contributed by atoms with Crippen molar-refractivity contribution < 1.29 is 14.4 Å². The molecule has 1 saturated heterocycles. The molecule has 2 bridgehead atoms. The van der Waals surface area contributed by atoms with Crippen LogP contribution in [0.15, 0.2) is 91.0 Å². The van der Waals surface area contributed by atoms with E-state index in [9.17, 15) is 14.4 Å². The van der Waals surface area contributed by atoms with Crippen LogP contribution in [0.5, 0.6) is 0 Å². The van der Waals surface area contributed by atoms with E-state index in [1.165, 1.54) is 4.90 Å². The maximum Gasteiger partial charge on any atom is 0.255 e. The molecule has 8 rings (SSSR count). The Kier molecular flexibility index (Phi) is 5.13. The van der Waals surface area contributed by atoms with Gasteiger partial charge in [0.05, 0.1) is 17.0 Å². The van der Waals surface area contributed by atoms with Gasteiger partial charge in [-0.15, -0.1) is 0 Å². The minimum atomic E-state index is -0.898. The fraction of sp³-hybridized carbons (Fsp3) is 0.182. The first-order valence-electron chi connectivity index (χ1n) is 13.0. The molecule has 192 valence electrons. The molecule has 0 spiro atoms. The highest BCUT2D eigenvalue weighted by Gasteiger charge is 2.68. The van der Waals surface area contributed by atoms with Gasteiger partial charge in [0.25, 0.3) is 5.91 Å². The topological polar surface area (TPSA) is 66.5 Å². The number of hydrogen-bond donors (Lipinski definition) is 1. The summed E-state index contributed by atoms with van der Waals surface area (Å²) in [6, 6.07) is 28.4. The number of hydrogen-bond acceptors (Lipinski definition) is 3. The van der Waals surface area contributed by atoms with Crippen LogP contribution in [0.25, 0.3) is 0 Å². The molecular formula is C33H25ClN2O3. The molecule has 1 fully saturated rings. The third-order valence-electron chi connectivity index (χ3n) is 8.92. The van der Waals surface area contributed by atoms with Gasteiger partial charge in [0, 0.05) is 28.1 Å². The zero-order valence-electron chi connectivity index (χ0n) is 21.4. The molecule has 1 N–H and O–H groups in total. The predicted octanol–water partition coefficient (Wildman–Crippen LogP) is 6.69. The zero-order chi connectivity index (χ0) is 27.1. The molecule has 4 aliphatic rings. The van der Waals surface area contributed by atoms with Crippen molar-refractivity contribution in [2.45, 2.75) is 25.7 Å². The lowest BCUT2D eigenvalue weighted by Gasteiger charge is -2.51. The van der Waals surface area contributed by atoms with E-state index in [4.69, 9.17) is 11.6 Å². The largest absolute Gasteiger partial charge is 0.322 e. The van der Waals surface area contributed by atoms with Gasteiger partial charge >= 0.3 is 0 Å². The number of benzene rings is 4. The highest BCUT2D eigenvalue weighted by atomic mass is 35.5. The van der Waals surface area contributed by atoms with E-state index < -0.39 is 11.3 Å². The van der Waals surface area contributed by atoms with Crippen molar-refractivity contribution in [1.29, 1.82) is 0 Å². The molecule has 3 aliphatic carbocycles. The summed E-state index contributed by atoms with van der Waals surface area (Å²) in [5.41, 5.74) is 5.94. The quantitative estimate of drug-likeness (QED) is 0.299. The summed E-state index contributed by atoms with van der Waals surface area (Å²) in [7, 11) is 0. The Morgan fingerprint density at radius 3 is 2.03 bits per heavy atom. The second-order valence-corrected chi connectivity index (χ2v) is 11.2. The van der Waals surface area contributed by atoms with Gasteiger partial charge in [0.2, 0.25) is 11.8 Å². The third kappa shape index (κ3) is 3.17. The van der Waals surface area contributed by atoms with Gasteiger partial charge < -0.3 is 5.32 Å². The number of carbonyl (C=O) groups is 3. The highest BCUT2D eigenvalue weighted by Crippen LogP contribution is 2.67. The van der Waals surface area contributed by atoms with Crippen LogP contribution in [0.3, 0.4) is 0 Å². The van der Waals surface area contributed by atoms with E-state index in [0.29, 0.717) is 22.0 Å². The average Bonchev–Trinajstić information content (AvgIpc) is 3.16. The second-order valence-electron chi connectivity index (χ2n) is 10.8. The molecule has 6 heteroatoms. The van der Waals surface area contributed by atoms with Gasteiger partial charge in [-0.1, -0.05) is 66.2 Å². The molecule has 0 aromatic heterocycles. The van der Waals surface area contributed by atoms with Crippen LogP contribution in [0.2, 0.25) is 5.02 Å². The van der Waals surface area contributed by atoms with Crippen molar-refractivity contribution in [1.82, 2.24) is 0 Å². The Labute approximate surface area is 231 Å². The number of rotatable bonds is 3. The van der Waals surface area contributed by atoms with Gasteiger partial charge in [0.15, 0.2) is 0 Å². The monoisotopic (exact) mass is 532 g/mol. The summed E-state index contributed by atoms with van der Waals surface area (Å²) in [5.74, 6) is -1.55. The fourth-order valence-electron chi connectivity index (χ4n) is 7.06. The minimum absolute atomic E-state index is 0.181. The summed E-state index contributed by atoms with van der Waals surface area (Å²) >= 11 is 6.19. The van der Waals surface area contributed by atoms with E-state index >= 15 is 0 Å². The maximum atomic E-state index is 14.2. The lowest BCUT2D eigenvalue weighted by molar-refractivity contribution is -0.128. The third-order valence-corrected chi connectivity index (χ3v) is 9.33. The molecule has 2 atom stereocenters. The number of nitrogens with zero attached hydrogens (tertiary/aromatic N) is 1. The van der Waals surface area contributed by atoms with Crippen molar-refractivity contribution >= 4 is 40.7 Å². The van der Waals surface area contributed by atoms with Crippen molar-refractivity contribution in [3.63, 3.8) is 0 Å². The maximum absolute atomic E-state index is 14.2. The molecule has 3 amide bonds. The first-order valence-corrected chi connectivity index (χ1v) is 13.4. The van der Waals surface area contributed by atoms with Crippen LogP contribution < -0.4 is 10.2 Å². The Hall–Kier alpha value is -4.22. The molecule has 0 saturated carbocycles. The molecule has 1 aliphatic heterocycles. The average molecular weight is 533 g/mol. The van der Waals surface area contributed by atoms with Gasteiger partial charge in [-0.05, 0) is 78.1 Å². The lowest BCUT2D eigenvalue weighted by Crippen LogP contribution is -2.49. The van der Waals surface area contributed by atoms with Crippen LogP contribution in [-0.4, -0.2) is 17.7 Å². The molecule has 0 radical (unpaired) electrons. The van der Waals surface area contributed by atoms with E-state index in [0.717, 1.165) is 27.8 Å². The molecule has 0 unspecified atom stereocenters. The molecule has 5 nitrogen and oxygen atoms in total. The minimum Gasteiger partial charge on any atom is -0.322 e. The molecular weight excluding hydrogens is 508 g/mol. The van der Waals surface area contributed by atoms with Crippen LogP contribution in [0, 0.1) is 18.3 Å². The number of nitrogens with one attached hydrogen (secondary N) is 1. The number of halogens is 1. The normalized spacial score (nSPS) is 24.3. The standard InChI is InChI=1S/C33H25ClN2O3/c1-18-25(34)12-7-13-26(18)35-30(37)19-14-16-20(17-15-19)36-31(38)29-27-21-8-3-5-10-23(21)28(33(29,2)32(36)39)24-11-6-4-9-22(24)27/h3-17,27-29H,1-2H3,(H,35,37)/t27?,28?,29-,33-/m0/s1. The fourth-order valence-corrected chi connectivity index (χ4v) is 7.23. The molecule has 4 aromatic rings. The van der Waals surface area contributed by atoms with Crippen LogP contribution in [-0.2, 0) is 9.59 Å². The molecule has 39 heavy (non-hydrogen) atoms. The number of carbonyl (C=O) groups excluding carboxylic acids is 3. The van der Waals surface area contributed by atoms with Crippen LogP contribution >= 0.6 is 11.6 Å². The first kappa shape index (κ1) is 23.9. The Morgan fingerprint density at radius 1 is 0.821 bits per heavy atom. The van der Waals surface area contributed by atoms with Crippen LogP contribution in [0.4, 0.5) is 11.4 Å². The van der Waals surface area contributed by atoms with Gasteiger partial charge in [-0.2, -0.15) is 0 Å². The summed E-state index contributed by atoms with van der Waals surface area (Å²) in [5, 5.41) is 3.46. The van der Waals surface area contributed by atoms with Crippen LogP contribution in [0.1, 0.15) is 56.9 Å². The first-order chi connectivity index (χ1) is 18.8. The zero-order valence-corrected chi connectivity index (χ0v) is 22.2. The summed E-state index contributed by atoms with van der Waals surface area (Å²) in [6.07, 6.45) is 0. The lowest BCUT2D eigenvalue weighted by atomic mass is 9.48. The van der Waals surface area contributed by atoms with E-state index in [-0.39, 0.29) is 29.6 Å². The number of amides is 3. The van der Waals surface area contributed by atoms with Crippen molar-refractivity contribution in [2.24, 2.45) is 11.3 Å². The molecule has 1 heterocycles. The SMILES string of the molecule is Cc1c(Cl)cccc1NC(=O)c1ccc(N2C(=O)[C@@H]3C4c5ccccc5C(c5ccccc54)[C@]3(C)C2=O)cc1. The van der Waals surface area contributed by atoms with Gasteiger partial charge in [0.1, 0.15) is 0 Å². The Balaban J connectivity index is 1.24. The van der Waals surface area contributed by atoms with E-state index in [1.54, 1.807) is 42.5 Å². The summed E-state index contributed by atoms with van der Waals surface area (Å²) in [6.45, 7) is 3.80. The van der Waals surface area contributed by atoms with Gasteiger partial charge in [-0.25, -0.2) is 4.90 Å². The summed E-state index contributed by atoms with van der Waals surface area (Å²) < 4.78 is 0. The van der Waals surface area contributed by atoms with E-state index in [2.05, 4.69) is 29.6 Å². The van der Waals surface area contributed by atoms with E-state index in [1.807, 2.05) is 38.1 Å². The number of anilines is 2. The smallest absolute Gasteiger partial charge is 0.255 e. The van der Waals surface area contributed by atoms with Crippen molar-refractivity contribution in [3.8, 4) is 0 Å². The Bertz CT molecular complexity index is 1670. The predicted molar refractivity (Wildman–Crippen MR) is 151 cm³/mol. The van der Waals surface area contributed by atoms with Gasteiger partial charge in [-0.3, -0.25) is 14.4 Å². The molecule has 4 aromatic carbocycles.